The van der Waals surface area contributed by atoms with Crippen LogP contribution in [-0.2, 0) is 11.8 Å². The second-order valence-electron chi connectivity index (χ2n) is 7.24. The molecule has 0 radical (unpaired) electrons. The lowest BCUT2D eigenvalue weighted by atomic mass is 9.84. The number of hydrogen-bond acceptors (Lipinski definition) is 2. The van der Waals surface area contributed by atoms with Gasteiger partial charge in [0, 0.05) is 5.41 Å². The fourth-order valence-electron chi connectivity index (χ4n) is 2.97. The number of rotatable bonds is 7. The van der Waals surface area contributed by atoms with Crippen molar-refractivity contribution in [2.45, 2.75) is 25.7 Å². The van der Waals surface area contributed by atoms with E-state index in [9.17, 15) is 4.39 Å². The zero-order valence-electron chi connectivity index (χ0n) is 16.5. The molecule has 0 unspecified atom stereocenters. The van der Waals surface area contributed by atoms with Gasteiger partial charge < -0.3 is 9.47 Å². The highest BCUT2D eigenvalue weighted by atomic mass is 19.1. The number of halogens is 1. The Kier molecular flexibility index (Phi) is 6.15. The van der Waals surface area contributed by atoms with Gasteiger partial charge in [-0.1, -0.05) is 62.4 Å². The molecule has 0 aliphatic heterocycles. The van der Waals surface area contributed by atoms with Crippen molar-refractivity contribution >= 4 is 0 Å². The Morgan fingerprint density at radius 1 is 0.893 bits per heavy atom. The molecule has 0 aliphatic rings. The van der Waals surface area contributed by atoms with Crippen LogP contribution in [0.2, 0.25) is 0 Å². The Morgan fingerprint density at radius 3 is 2.29 bits per heavy atom. The van der Waals surface area contributed by atoms with Crippen LogP contribution in [0.5, 0.6) is 17.2 Å². The second kappa shape index (κ2) is 8.75. The van der Waals surface area contributed by atoms with E-state index in [0.29, 0.717) is 12.2 Å². The molecule has 3 heteroatoms. The molecule has 0 saturated carbocycles. The summed E-state index contributed by atoms with van der Waals surface area (Å²) >= 11 is 0. The lowest BCUT2D eigenvalue weighted by molar-refractivity contribution is 0.414. The van der Waals surface area contributed by atoms with Crippen LogP contribution in [0.15, 0.2) is 84.9 Å². The fraction of sp³-hybridized carbons (Fsp3) is 0.200. The van der Waals surface area contributed by atoms with Crippen LogP contribution in [0.4, 0.5) is 4.39 Å². The number of allylic oxidation sites excluding steroid dienone is 2. The van der Waals surface area contributed by atoms with E-state index in [4.69, 9.17) is 9.47 Å². The second-order valence-corrected chi connectivity index (χ2v) is 7.24. The molecule has 0 aromatic heterocycles. The predicted molar refractivity (Wildman–Crippen MR) is 112 cm³/mol. The number of ether oxygens (including phenoxy) is 2. The molecule has 0 fully saturated rings. The van der Waals surface area contributed by atoms with Crippen molar-refractivity contribution in [3.63, 3.8) is 0 Å². The Hall–Kier alpha value is -3.07. The van der Waals surface area contributed by atoms with E-state index in [1.165, 1.54) is 11.6 Å². The molecular weight excluding hydrogens is 351 g/mol. The molecule has 144 valence electrons. The predicted octanol–water partition coefficient (Wildman–Crippen LogP) is 6.70. The molecule has 2 nitrogen and oxygen atoms in total. The molecule has 0 bridgehead atoms. The summed E-state index contributed by atoms with van der Waals surface area (Å²) in [6.45, 7) is 4.33. The third-order valence-electron chi connectivity index (χ3n) is 4.69. The molecule has 3 rings (SSSR count). The average Bonchev–Trinajstić information content (AvgIpc) is 2.71. The summed E-state index contributed by atoms with van der Waals surface area (Å²) < 4.78 is 25.0. The van der Waals surface area contributed by atoms with E-state index in [-0.39, 0.29) is 17.0 Å². The van der Waals surface area contributed by atoms with Crippen molar-refractivity contribution in [2.24, 2.45) is 0 Å². The van der Waals surface area contributed by atoms with Gasteiger partial charge in [-0.2, -0.15) is 0 Å². The van der Waals surface area contributed by atoms with Crippen LogP contribution in [0.3, 0.4) is 0 Å². The van der Waals surface area contributed by atoms with Gasteiger partial charge >= 0.3 is 0 Å². The molecule has 0 N–H and O–H groups in total. The molecule has 0 heterocycles. The largest absolute Gasteiger partial charge is 0.497 e. The number of para-hydroxylation sites is 1. The molecule has 0 saturated heterocycles. The summed E-state index contributed by atoms with van der Waals surface area (Å²) in [4.78, 5) is 0. The minimum atomic E-state index is -0.366. The van der Waals surface area contributed by atoms with Gasteiger partial charge in [0.2, 0.25) is 0 Å². The topological polar surface area (TPSA) is 18.5 Å². The third-order valence-corrected chi connectivity index (χ3v) is 4.69. The van der Waals surface area contributed by atoms with Crippen molar-refractivity contribution < 1.29 is 13.9 Å². The summed E-state index contributed by atoms with van der Waals surface area (Å²) in [6.07, 6.45) is 4.99. The Morgan fingerprint density at radius 2 is 1.61 bits per heavy atom. The molecule has 0 aliphatic carbocycles. The summed E-state index contributed by atoms with van der Waals surface area (Å²) in [5.74, 6) is 1.34. The van der Waals surface area contributed by atoms with Crippen molar-refractivity contribution in [3.8, 4) is 17.2 Å². The van der Waals surface area contributed by atoms with Crippen molar-refractivity contribution in [1.29, 1.82) is 0 Å². The minimum absolute atomic E-state index is 0.115. The van der Waals surface area contributed by atoms with Crippen LogP contribution in [0.1, 0.15) is 25.0 Å². The van der Waals surface area contributed by atoms with E-state index in [2.05, 4.69) is 38.1 Å². The van der Waals surface area contributed by atoms with Crippen molar-refractivity contribution in [3.05, 3.63) is 102 Å². The van der Waals surface area contributed by atoms with E-state index in [0.717, 1.165) is 11.3 Å². The molecule has 0 amide bonds. The first-order chi connectivity index (χ1) is 13.5. The van der Waals surface area contributed by atoms with Gasteiger partial charge in [-0.25, -0.2) is 4.39 Å². The highest BCUT2D eigenvalue weighted by molar-refractivity contribution is 5.37. The Labute approximate surface area is 166 Å². The van der Waals surface area contributed by atoms with Gasteiger partial charge in [0.15, 0.2) is 11.6 Å². The monoisotopic (exact) mass is 376 g/mol. The summed E-state index contributed by atoms with van der Waals surface area (Å²) in [5, 5.41) is 0. The van der Waals surface area contributed by atoms with Gasteiger partial charge in [0.25, 0.3) is 0 Å². The minimum Gasteiger partial charge on any atom is -0.497 e. The lowest BCUT2D eigenvalue weighted by Gasteiger charge is -2.21. The smallest absolute Gasteiger partial charge is 0.165 e. The maximum absolute atomic E-state index is 14.1. The standard InChI is InChI=1S/C25H25FO2/c1-25(2,20-12-14-21(27-3)15-13-20)17-7-8-19-11-16-23(26)24(18-19)28-22-9-5-4-6-10-22/h4-7,9-18H,8H2,1-3H3. The highest BCUT2D eigenvalue weighted by Crippen LogP contribution is 2.28. The zero-order valence-corrected chi connectivity index (χ0v) is 16.5. The van der Waals surface area contributed by atoms with Gasteiger partial charge in [-0.3, -0.25) is 0 Å². The molecular formula is C25H25FO2. The average molecular weight is 376 g/mol. The summed E-state index contributed by atoms with van der Waals surface area (Å²) in [7, 11) is 1.67. The first kappa shape index (κ1) is 19.7. The fourth-order valence-corrected chi connectivity index (χ4v) is 2.97. The molecule has 0 spiro atoms. The van der Waals surface area contributed by atoms with Crippen LogP contribution >= 0.6 is 0 Å². The zero-order chi connectivity index (χ0) is 20.0. The first-order valence-corrected chi connectivity index (χ1v) is 9.31. The van der Waals surface area contributed by atoms with E-state index in [1.54, 1.807) is 19.2 Å². The maximum Gasteiger partial charge on any atom is 0.165 e. The summed E-state index contributed by atoms with van der Waals surface area (Å²) in [5.41, 5.74) is 2.08. The number of methoxy groups -OCH3 is 1. The van der Waals surface area contributed by atoms with E-state index < -0.39 is 0 Å². The number of hydrogen-bond donors (Lipinski definition) is 0. The third kappa shape index (κ3) is 5.01. The van der Waals surface area contributed by atoms with E-state index >= 15 is 0 Å². The van der Waals surface area contributed by atoms with Gasteiger partial charge in [-0.15, -0.1) is 0 Å². The molecule has 3 aromatic rings. The van der Waals surface area contributed by atoms with Crippen LogP contribution in [0, 0.1) is 5.82 Å². The first-order valence-electron chi connectivity index (χ1n) is 9.31. The van der Waals surface area contributed by atoms with Gasteiger partial charge in [0.05, 0.1) is 7.11 Å². The lowest BCUT2D eigenvalue weighted by Crippen LogP contribution is -2.13. The maximum atomic E-state index is 14.1. The Bertz CT molecular complexity index is 929. The molecule has 28 heavy (non-hydrogen) atoms. The SMILES string of the molecule is COc1ccc(C(C)(C)C=CCc2ccc(F)c(Oc3ccccc3)c2)cc1. The Balaban J connectivity index is 1.70. The summed E-state index contributed by atoms with van der Waals surface area (Å²) in [6, 6.07) is 22.3. The van der Waals surface area contributed by atoms with Gasteiger partial charge in [-0.05, 0) is 53.9 Å². The highest BCUT2D eigenvalue weighted by Gasteiger charge is 2.16. The molecule has 0 atom stereocenters. The van der Waals surface area contributed by atoms with E-state index in [1.807, 2.05) is 42.5 Å². The van der Waals surface area contributed by atoms with Crippen LogP contribution < -0.4 is 9.47 Å². The normalized spacial score (nSPS) is 11.6. The van der Waals surface area contributed by atoms with Crippen molar-refractivity contribution in [2.75, 3.05) is 7.11 Å². The van der Waals surface area contributed by atoms with Gasteiger partial charge in [0.1, 0.15) is 11.5 Å². The number of benzene rings is 3. The van der Waals surface area contributed by atoms with Crippen molar-refractivity contribution in [1.82, 2.24) is 0 Å². The van der Waals surface area contributed by atoms with Crippen LogP contribution in [0.25, 0.3) is 0 Å². The van der Waals surface area contributed by atoms with Crippen LogP contribution in [-0.4, -0.2) is 7.11 Å². The quantitative estimate of drug-likeness (QED) is 0.427. The molecule has 3 aromatic carbocycles.